The molecule has 3 rings (SSSR count). The summed E-state index contributed by atoms with van der Waals surface area (Å²) in [5.41, 5.74) is 10.8. The van der Waals surface area contributed by atoms with Crippen LogP contribution in [-0.4, -0.2) is 9.55 Å². The molecule has 2 aromatic heterocycles. The first-order chi connectivity index (χ1) is 9.61. The summed E-state index contributed by atoms with van der Waals surface area (Å²) in [6, 6.07) is 6.27. The number of aromatic nitrogens is 2. The molecule has 2 aromatic rings. The highest BCUT2D eigenvalue weighted by Gasteiger charge is 2.25. The van der Waals surface area contributed by atoms with Gasteiger partial charge in [0.15, 0.2) is 0 Å². The number of nitrogens with two attached hydrogens (primary N) is 1. The van der Waals surface area contributed by atoms with Crippen LogP contribution in [0.4, 0.5) is 5.82 Å². The lowest BCUT2D eigenvalue weighted by Gasteiger charge is -2.25. The maximum absolute atomic E-state index is 9.48. The second kappa shape index (κ2) is 4.68. The van der Waals surface area contributed by atoms with Gasteiger partial charge in [-0.2, -0.15) is 5.26 Å². The number of nitriles is 1. The number of rotatable bonds is 1. The van der Waals surface area contributed by atoms with Gasteiger partial charge < -0.3 is 10.3 Å². The predicted molar refractivity (Wildman–Crippen MR) is 79.0 cm³/mol. The minimum Gasteiger partial charge on any atom is -0.383 e. The van der Waals surface area contributed by atoms with E-state index in [-0.39, 0.29) is 0 Å². The van der Waals surface area contributed by atoms with Crippen molar-refractivity contribution in [2.24, 2.45) is 13.0 Å². The van der Waals surface area contributed by atoms with Crippen LogP contribution in [0.25, 0.3) is 11.3 Å². The van der Waals surface area contributed by atoms with Crippen molar-refractivity contribution in [1.82, 2.24) is 9.55 Å². The fourth-order valence-electron chi connectivity index (χ4n) is 3.07. The zero-order valence-electron chi connectivity index (χ0n) is 11.8. The monoisotopic (exact) mass is 266 g/mol. The zero-order valence-corrected chi connectivity index (χ0v) is 11.8. The highest BCUT2D eigenvalue weighted by Crippen LogP contribution is 2.37. The summed E-state index contributed by atoms with van der Waals surface area (Å²) in [4.78, 5) is 4.47. The number of nitrogen functional groups attached to an aromatic ring is 1. The number of anilines is 1. The summed E-state index contributed by atoms with van der Waals surface area (Å²) in [6.45, 7) is 2.25. The SMILES string of the molecule is CC1CCc2nc(N)c(C#N)c(-c3cccn3C)c2C1. The van der Waals surface area contributed by atoms with Crippen LogP contribution in [0.3, 0.4) is 0 Å². The largest absolute Gasteiger partial charge is 0.383 e. The van der Waals surface area contributed by atoms with Crippen LogP contribution in [0.15, 0.2) is 18.3 Å². The molecule has 0 saturated heterocycles. The minimum atomic E-state index is 0.358. The van der Waals surface area contributed by atoms with E-state index in [0.29, 0.717) is 17.3 Å². The van der Waals surface area contributed by atoms with Gasteiger partial charge in [0.2, 0.25) is 0 Å². The van der Waals surface area contributed by atoms with E-state index in [4.69, 9.17) is 5.73 Å². The van der Waals surface area contributed by atoms with Gasteiger partial charge in [0, 0.05) is 30.2 Å². The Kier molecular flexibility index (Phi) is 2.98. The lowest BCUT2D eigenvalue weighted by atomic mass is 9.83. The normalized spacial score (nSPS) is 17.6. The average molecular weight is 266 g/mol. The molecule has 1 aliphatic rings. The van der Waals surface area contributed by atoms with Crippen LogP contribution in [0.1, 0.15) is 30.2 Å². The van der Waals surface area contributed by atoms with Crippen molar-refractivity contribution in [2.45, 2.75) is 26.2 Å². The van der Waals surface area contributed by atoms with E-state index in [2.05, 4.69) is 18.0 Å². The fourth-order valence-corrected chi connectivity index (χ4v) is 3.07. The number of hydrogen-bond acceptors (Lipinski definition) is 3. The topological polar surface area (TPSA) is 67.6 Å². The highest BCUT2D eigenvalue weighted by molar-refractivity contribution is 5.77. The molecule has 0 spiro atoms. The second-order valence-corrected chi connectivity index (χ2v) is 5.64. The number of pyridine rings is 1. The van der Waals surface area contributed by atoms with E-state index in [1.54, 1.807) is 0 Å². The molecule has 4 heteroatoms. The Hall–Kier alpha value is -2.28. The molecule has 1 atom stereocenters. The number of hydrogen-bond donors (Lipinski definition) is 1. The van der Waals surface area contributed by atoms with Gasteiger partial charge in [-0.3, -0.25) is 0 Å². The molecule has 2 N–H and O–H groups in total. The Bertz CT molecular complexity index is 706. The molecule has 1 unspecified atom stereocenters. The number of aryl methyl sites for hydroxylation is 2. The molecule has 0 amide bonds. The summed E-state index contributed by atoms with van der Waals surface area (Å²) in [6.07, 6.45) is 5.05. The molecule has 0 radical (unpaired) electrons. The predicted octanol–water partition coefficient (Wildman–Crippen LogP) is 2.67. The number of nitrogens with zero attached hydrogens (tertiary/aromatic N) is 3. The van der Waals surface area contributed by atoms with Crippen molar-refractivity contribution < 1.29 is 0 Å². The molecule has 4 nitrogen and oxygen atoms in total. The zero-order chi connectivity index (χ0) is 14.3. The van der Waals surface area contributed by atoms with E-state index in [1.807, 2.05) is 29.9 Å². The molecule has 0 fully saturated rings. The fraction of sp³-hybridized carbons (Fsp3) is 0.375. The Morgan fingerprint density at radius 2 is 2.30 bits per heavy atom. The minimum absolute atomic E-state index is 0.358. The van der Waals surface area contributed by atoms with Crippen molar-refractivity contribution in [3.63, 3.8) is 0 Å². The third-order valence-corrected chi connectivity index (χ3v) is 4.15. The highest BCUT2D eigenvalue weighted by atomic mass is 14.9. The molecular formula is C16H18N4. The Morgan fingerprint density at radius 1 is 1.50 bits per heavy atom. The van der Waals surface area contributed by atoms with E-state index < -0.39 is 0 Å². The van der Waals surface area contributed by atoms with E-state index in [0.717, 1.165) is 36.2 Å². The molecule has 102 valence electrons. The summed E-state index contributed by atoms with van der Waals surface area (Å²) in [7, 11) is 1.99. The summed E-state index contributed by atoms with van der Waals surface area (Å²) in [5.74, 6) is 0.982. The van der Waals surface area contributed by atoms with Crippen LogP contribution < -0.4 is 5.73 Å². The van der Waals surface area contributed by atoms with Crippen molar-refractivity contribution in [3.05, 3.63) is 35.2 Å². The third kappa shape index (κ3) is 1.87. The van der Waals surface area contributed by atoms with Crippen LogP contribution >= 0.6 is 0 Å². The summed E-state index contributed by atoms with van der Waals surface area (Å²) >= 11 is 0. The van der Waals surface area contributed by atoms with Crippen molar-refractivity contribution >= 4 is 5.82 Å². The van der Waals surface area contributed by atoms with Crippen LogP contribution in [0.2, 0.25) is 0 Å². The first-order valence-electron chi connectivity index (χ1n) is 6.94. The van der Waals surface area contributed by atoms with Crippen LogP contribution in [0.5, 0.6) is 0 Å². The Morgan fingerprint density at radius 3 is 2.95 bits per heavy atom. The van der Waals surface area contributed by atoms with Gasteiger partial charge in [-0.1, -0.05) is 6.92 Å². The lowest BCUT2D eigenvalue weighted by molar-refractivity contribution is 0.495. The first kappa shape index (κ1) is 12.7. The average Bonchev–Trinajstić information content (AvgIpc) is 2.84. The maximum Gasteiger partial charge on any atom is 0.142 e. The van der Waals surface area contributed by atoms with Gasteiger partial charge in [-0.25, -0.2) is 4.98 Å². The number of fused-ring (bicyclic) bond motifs is 1. The van der Waals surface area contributed by atoms with Crippen molar-refractivity contribution in [3.8, 4) is 17.3 Å². The van der Waals surface area contributed by atoms with Gasteiger partial charge in [0.05, 0.1) is 0 Å². The summed E-state index contributed by atoms with van der Waals surface area (Å²) < 4.78 is 2.04. The quantitative estimate of drug-likeness (QED) is 0.862. The van der Waals surface area contributed by atoms with E-state index in [1.165, 1.54) is 5.56 Å². The van der Waals surface area contributed by atoms with Crippen LogP contribution in [0, 0.1) is 17.2 Å². The maximum atomic E-state index is 9.48. The standard InChI is InChI=1S/C16H18N4/c1-10-5-6-13-11(8-10)15(12(9-17)16(18)19-13)14-4-3-7-20(14)2/h3-4,7,10H,5-6,8H2,1-2H3,(H2,18,19). The van der Waals surface area contributed by atoms with Crippen molar-refractivity contribution in [2.75, 3.05) is 5.73 Å². The molecule has 2 heterocycles. The lowest BCUT2D eigenvalue weighted by Crippen LogP contribution is -2.17. The van der Waals surface area contributed by atoms with Gasteiger partial charge in [0.25, 0.3) is 0 Å². The van der Waals surface area contributed by atoms with Crippen LogP contribution in [-0.2, 0) is 19.9 Å². The van der Waals surface area contributed by atoms with Gasteiger partial charge in [-0.15, -0.1) is 0 Å². The Labute approximate surface area is 118 Å². The van der Waals surface area contributed by atoms with Gasteiger partial charge in [0.1, 0.15) is 17.5 Å². The first-order valence-corrected chi connectivity index (χ1v) is 6.94. The Balaban J connectivity index is 2.33. The molecule has 20 heavy (non-hydrogen) atoms. The molecule has 1 aliphatic carbocycles. The van der Waals surface area contributed by atoms with Gasteiger partial charge >= 0.3 is 0 Å². The second-order valence-electron chi connectivity index (χ2n) is 5.64. The van der Waals surface area contributed by atoms with Gasteiger partial charge in [-0.05, 0) is 42.9 Å². The van der Waals surface area contributed by atoms with E-state index in [9.17, 15) is 5.26 Å². The summed E-state index contributed by atoms with van der Waals surface area (Å²) in [5, 5.41) is 9.48. The smallest absolute Gasteiger partial charge is 0.142 e. The molecule has 0 bridgehead atoms. The van der Waals surface area contributed by atoms with Crippen molar-refractivity contribution in [1.29, 1.82) is 5.26 Å². The third-order valence-electron chi connectivity index (χ3n) is 4.15. The molecular weight excluding hydrogens is 248 g/mol. The molecule has 0 saturated carbocycles. The molecule has 0 aliphatic heterocycles. The van der Waals surface area contributed by atoms with E-state index >= 15 is 0 Å². The molecule has 0 aromatic carbocycles.